The average molecular weight is 299 g/mol. The standard InChI is InChI=1S/C13H15BrO3/c14-8-7-12(16)13(17)11-5-3-10(4-6-11)2-1-9-15/h1-6,9,12-13,16-17H,7-8H2/b2-1+. The summed E-state index contributed by atoms with van der Waals surface area (Å²) in [7, 11) is 0. The molecule has 1 aromatic carbocycles. The lowest BCUT2D eigenvalue weighted by molar-refractivity contribution is -0.104. The minimum atomic E-state index is -0.878. The van der Waals surface area contributed by atoms with E-state index >= 15 is 0 Å². The van der Waals surface area contributed by atoms with Gasteiger partial charge in [0.25, 0.3) is 0 Å². The number of rotatable bonds is 6. The number of benzene rings is 1. The average Bonchev–Trinajstić information content (AvgIpc) is 2.36. The monoisotopic (exact) mass is 298 g/mol. The molecule has 92 valence electrons. The second kappa shape index (κ2) is 7.37. The number of hydrogen-bond acceptors (Lipinski definition) is 3. The van der Waals surface area contributed by atoms with E-state index < -0.39 is 12.2 Å². The second-order valence-corrected chi connectivity index (χ2v) is 4.44. The van der Waals surface area contributed by atoms with Crippen molar-refractivity contribution < 1.29 is 15.0 Å². The van der Waals surface area contributed by atoms with E-state index in [1.165, 1.54) is 6.08 Å². The van der Waals surface area contributed by atoms with Gasteiger partial charge in [0.1, 0.15) is 12.4 Å². The summed E-state index contributed by atoms with van der Waals surface area (Å²) in [4.78, 5) is 10.2. The number of carbonyl (C=O) groups is 1. The first kappa shape index (κ1) is 14.1. The fourth-order valence-corrected chi connectivity index (χ4v) is 1.92. The molecule has 0 saturated heterocycles. The molecule has 0 aliphatic heterocycles. The zero-order valence-corrected chi connectivity index (χ0v) is 10.9. The van der Waals surface area contributed by atoms with E-state index in [4.69, 9.17) is 0 Å². The lowest BCUT2D eigenvalue weighted by Gasteiger charge is -2.17. The van der Waals surface area contributed by atoms with E-state index in [1.54, 1.807) is 30.3 Å². The van der Waals surface area contributed by atoms with Gasteiger partial charge >= 0.3 is 0 Å². The summed E-state index contributed by atoms with van der Waals surface area (Å²) < 4.78 is 0. The molecule has 0 amide bonds. The highest BCUT2D eigenvalue weighted by Crippen LogP contribution is 2.20. The second-order valence-electron chi connectivity index (χ2n) is 3.65. The van der Waals surface area contributed by atoms with Gasteiger partial charge in [-0.15, -0.1) is 0 Å². The van der Waals surface area contributed by atoms with Crippen LogP contribution in [0.2, 0.25) is 0 Å². The Balaban J connectivity index is 2.72. The number of allylic oxidation sites excluding steroid dienone is 1. The van der Waals surface area contributed by atoms with Gasteiger partial charge in [0.05, 0.1) is 6.10 Å². The van der Waals surface area contributed by atoms with Crippen LogP contribution in [0.25, 0.3) is 6.08 Å². The molecule has 0 aliphatic carbocycles. The van der Waals surface area contributed by atoms with Crippen LogP contribution in [-0.2, 0) is 4.79 Å². The molecular weight excluding hydrogens is 284 g/mol. The summed E-state index contributed by atoms with van der Waals surface area (Å²) >= 11 is 3.22. The first-order chi connectivity index (χ1) is 8.19. The summed E-state index contributed by atoms with van der Waals surface area (Å²) in [6, 6.07) is 7.07. The molecule has 3 nitrogen and oxygen atoms in total. The molecule has 2 atom stereocenters. The Bertz CT molecular complexity index is 373. The van der Waals surface area contributed by atoms with Crippen LogP contribution in [-0.4, -0.2) is 27.9 Å². The Hall–Kier alpha value is -0.970. The van der Waals surface area contributed by atoms with Crippen molar-refractivity contribution in [3.05, 3.63) is 41.5 Å². The van der Waals surface area contributed by atoms with Crippen LogP contribution in [0.1, 0.15) is 23.7 Å². The van der Waals surface area contributed by atoms with E-state index in [-0.39, 0.29) is 0 Å². The number of aldehydes is 1. The molecule has 17 heavy (non-hydrogen) atoms. The van der Waals surface area contributed by atoms with Gasteiger partial charge in [-0.1, -0.05) is 46.3 Å². The Kier molecular flexibility index (Phi) is 6.11. The minimum absolute atomic E-state index is 0.494. The molecule has 0 aliphatic rings. The fourth-order valence-electron chi connectivity index (χ4n) is 1.45. The van der Waals surface area contributed by atoms with E-state index in [0.29, 0.717) is 23.6 Å². The maximum Gasteiger partial charge on any atom is 0.142 e. The minimum Gasteiger partial charge on any atom is -0.390 e. The molecule has 2 N–H and O–H groups in total. The Morgan fingerprint density at radius 3 is 2.41 bits per heavy atom. The first-order valence-corrected chi connectivity index (χ1v) is 6.45. The molecule has 0 saturated carbocycles. The smallest absolute Gasteiger partial charge is 0.142 e. The Labute approximate surface area is 109 Å². The number of aliphatic hydroxyl groups excluding tert-OH is 2. The molecule has 0 spiro atoms. The molecule has 0 heterocycles. The lowest BCUT2D eigenvalue weighted by atomic mass is 10.0. The predicted molar refractivity (Wildman–Crippen MR) is 70.9 cm³/mol. The largest absolute Gasteiger partial charge is 0.390 e. The van der Waals surface area contributed by atoms with Crippen molar-refractivity contribution in [2.75, 3.05) is 5.33 Å². The van der Waals surface area contributed by atoms with Crippen LogP contribution < -0.4 is 0 Å². The molecular formula is C13H15BrO3. The molecule has 2 unspecified atom stereocenters. The number of alkyl halides is 1. The molecule has 0 radical (unpaired) electrons. The van der Waals surface area contributed by atoms with Gasteiger partial charge in [0.2, 0.25) is 0 Å². The third-order valence-electron chi connectivity index (χ3n) is 2.41. The lowest BCUT2D eigenvalue weighted by Crippen LogP contribution is -2.18. The number of hydrogen-bond donors (Lipinski definition) is 2. The van der Waals surface area contributed by atoms with Crippen molar-refractivity contribution in [3.63, 3.8) is 0 Å². The van der Waals surface area contributed by atoms with Gasteiger partial charge in [-0.25, -0.2) is 0 Å². The van der Waals surface area contributed by atoms with Crippen molar-refractivity contribution in [1.82, 2.24) is 0 Å². The third-order valence-corrected chi connectivity index (χ3v) is 2.87. The number of carbonyl (C=O) groups excluding carboxylic acids is 1. The van der Waals surface area contributed by atoms with Crippen molar-refractivity contribution in [1.29, 1.82) is 0 Å². The maximum absolute atomic E-state index is 10.2. The summed E-state index contributed by atoms with van der Waals surface area (Å²) in [5.41, 5.74) is 1.55. The summed E-state index contributed by atoms with van der Waals surface area (Å²) in [5.74, 6) is 0. The highest BCUT2D eigenvalue weighted by atomic mass is 79.9. The van der Waals surface area contributed by atoms with Crippen LogP contribution in [0.3, 0.4) is 0 Å². The van der Waals surface area contributed by atoms with E-state index in [9.17, 15) is 15.0 Å². The van der Waals surface area contributed by atoms with Gasteiger partial charge in [-0.05, 0) is 23.6 Å². The molecule has 1 aromatic rings. The van der Waals surface area contributed by atoms with Crippen molar-refractivity contribution in [3.8, 4) is 0 Å². The quantitative estimate of drug-likeness (QED) is 0.480. The van der Waals surface area contributed by atoms with Crippen LogP contribution in [0, 0.1) is 0 Å². The van der Waals surface area contributed by atoms with Crippen molar-refractivity contribution in [2.45, 2.75) is 18.6 Å². The first-order valence-electron chi connectivity index (χ1n) is 5.33. The normalized spacial score (nSPS) is 14.8. The molecule has 1 rings (SSSR count). The number of halogens is 1. The van der Waals surface area contributed by atoms with Crippen LogP contribution in [0.4, 0.5) is 0 Å². The van der Waals surface area contributed by atoms with Crippen LogP contribution >= 0.6 is 15.9 Å². The third kappa shape index (κ3) is 4.42. The molecule has 0 aromatic heterocycles. The highest BCUT2D eigenvalue weighted by molar-refractivity contribution is 9.09. The van der Waals surface area contributed by atoms with Crippen molar-refractivity contribution >= 4 is 28.3 Å². The fraction of sp³-hybridized carbons (Fsp3) is 0.308. The number of aliphatic hydroxyl groups is 2. The summed E-state index contributed by atoms with van der Waals surface area (Å²) in [5, 5.41) is 20.1. The SMILES string of the molecule is O=C/C=C/c1ccc(C(O)C(O)CCBr)cc1. The van der Waals surface area contributed by atoms with Gasteiger partial charge in [0, 0.05) is 5.33 Å². The van der Waals surface area contributed by atoms with Gasteiger partial charge in [-0.2, -0.15) is 0 Å². The summed E-state index contributed by atoms with van der Waals surface area (Å²) in [6.45, 7) is 0. The predicted octanol–water partition coefficient (Wildman–Crippen LogP) is 2.08. The van der Waals surface area contributed by atoms with Gasteiger partial charge < -0.3 is 10.2 Å². The van der Waals surface area contributed by atoms with Crippen LogP contribution in [0.5, 0.6) is 0 Å². The topological polar surface area (TPSA) is 57.5 Å². The van der Waals surface area contributed by atoms with E-state index in [1.807, 2.05) is 0 Å². The highest BCUT2D eigenvalue weighted by Gasteiger charge is 2.17. The van der Waals surface area contributed by atoms with Gasteiger partial charge in [-0.3, -0.25) is 4.79 Å². The Morgan fingerprint density at radius 1 is 1.24 bits per heavy atom. The van der Waals surface area contributed by atoms with E-state index in [2.05, 4.69) is 15.9 Å². The van der Waals surface area contributed by atoms with Crippen molar-refractivity contribution in [2.24, 2.45) is 0 Å². The summed E-state index contributed by atoms with van der Waals surface area (Å²) in [6.07, 6.45) is 2.64. The Morgan fingerprint density at radius 2 is 1.88 bits per heavy atom. The zero-order chi connectivity index (χ0) is 12.7. The van der Waals surface area contributed by atoms with Crippen LogP contribution in [0.15, 0.2) is 30.3 Å². The molecule has 0 fully saturated rings. The maximum atomic E-state index is 10.2. The van der Waals surface area contributed by atoms with E-state index in [0.717, 1.165) is 5.56 Å². The van der Waals surface area contributed by atoms with Gasteiger partial charge in [0.15, 0.2) is 0 Å². The zero-order valence-electron chi connectivity index (χ0n) is 9.29. The molecule has 0 bridgehead atoms. The molecule has 4 heteroatoms.